The number of rotatable bonds is 5. The maximum atomic E-state index is 11.8. The maximum absolute atomic E-state index is 11.8. The van der Waals surface area contributed by atoms with Gasteiger partial charge in [0.1, 0.15) is 0 Å². The van der Waals surface area contributed by atoms with Crippen LogP contribution in [0.5, 0.6) is 0 Å². The monoisotopic (exact) mass is 242 g/mol. The molecule has 0 atom stereocenters. The van der Waals surface area contributed by atoms with Gasteiger partial charge in [-0.1, -0.05) is 18.2 Å². The molecule has 0 bridgehead atoms. The summed E-state index contributed by atoms with van der Waals surface area (Å²) in [7, 11) is -2.03. The molecule has 0 aliphatic heterocycles. The van der Waals surface area contributed by atoms with E-state index < -0.39 is 15.9 Å². The van der Waals surface area contributed by atoms with Gasteiger partial charge >= 0.3 is 0 Å². The van der Waals surface area contributed by atoms with Gasteiger partial charge in [-0.3, -0.25) is 9.10 Å². The SMILES string of the molecule is CN(c1ccccc1)S(=O)(=O)CCC(N)=O. The fourth-order valence-corrected chi connectivity index (χ4v) is 2.34. The molecular formula is C10H14N2O3S. The molecule has 0 unspecified atom stereocenters. The van der Waals surface area contributed by atoms with Crippen LogP contribution in [-0.4, -0.2) is 27.1 Å². The molecule has 0 saturated heterocycles. The number of benzene rings is 1. The molecule has 5 nitrogen and oxygen atoms in total. The molecule has 0 heterocycles. The van der Waals surface area contributed by atoms with Crippen LogP contribution in [0.2, 0.25) is 0 Å². The largest absolute Gasteiger partial charge is 0.370 e. The van der Waals surface area contributed by atoms with Gasteiger partial charge in [0.2, 0.25) is 15.9 Å². The van der Waals surface area contributed by atoms with Crippen LogP contribution in [0.15, 0.2) is 30.3 Å². The van der Waals surface area contributed by atoms with E-state index in [0.29, 0.717) is 5.69 Å². The lowest BCUT2D eigenvalue weighted by Gasteiger charge is -2.18. The van der Waals surface area contributed by atoms with Crippen LogP contribution in [0.4, 0.5) is 5.69 Å². The highest BCUT2D eigenvalue weighted by Gasteiger charge is 2.18. The van der Waals surface area contributed by atoms with E-state index in [4.69, 9.17) is 5.73 Å². The van der Waals surface area contributed by atoms with E-state index in [1.165, 1.54) is 7.05 Å². The zero-order valence-electron chi connectivity index (χ0n) is 8.96. The summed E-state index contributed by atoms with van der Waals surface area (Å²) < 4.78 is 24.7. The molecule has 0 saturated carbocycles. The molecule has 1 aromatic rings. The van der Waals surface area contributed by atoms with Gasteiger partial charge in [0, 0.05) is 13.5 Å². The first-order valence-electron chi connectivity index (χ1n) is 4.73. The minimum absolute atomic E-state index is 0.167. The predicted molar refractivity (Wildman–Crippen MR) is 62.4 cm³/mol. The smallest absolute Gasteiger partial charge is 0.235 e. The number of nitrogens with two attached hydrogens (primary N) is 1. The van der Waals surface area contributed by atoms with Crippen molar-refractivity contribution in [1.29, 1.82) is 0 Å². The lowest BCUT2D eigenvalue weighted by atomic mass is 10.3. The van der Waals surface area contributed by atoms with Gasteiger partial charge in [-0.15, -0.1) is 0 Å². The molecule has 0 fully saturated rings. The average molecular weight is 242 g/mol. The number of hydrogen-bond donors (Lipinski definition) is 1. The van der Waals surface area contributed by atoms with Crippen molar-refractivity contribution in [2.75, 3.05) is 17.1 Å². The number of para-hydroxylation sites is 1. The number of carbonyl (C=O) groups is 1. The zero-order valence-corrected chi connectivity index (χ0v) is 9.78. The summed E-state index contributed by atoms with van der Waals surface area (Å²) in [4.78, 5) is 10.5. The van der Waals surface area contributed by atoms with E-state index in [-0.39, 0.29) is 12.2 Å². The molecule has 1 rings (SSSR count). The summed E-state index contributed by atoms with van der Waals surface area (Å²) in [5.41, 5.74) is 5.48. The third kappa shape index (κ3) is 3.23. The summed E-state index contributed by atoms with van der Waals surface area (Å²) in [6, 6.07) is 8.65. The highest BCUT2D eigenvalue weighted by atomic mass is 32.2. The third-order valence-corrected chi connectivity index (χ3v) is 3.91. The quantitative estimate of drug-likeness (QED) is 0.807. The number of anilines is 1. The molecule has 1 aromatic carbocycles. The van der Waals surface area contributed by atoms with Crippen LogP contribution in [0.25, 0.3) is 0 Å². The van der Waals surface area contributed by atoms with E-state index in [1.807, 2.05) is 0 Å². The fourth-order valence-electron chi connectivity index (χ4n) is 1.17. The Morgan fingerprint density at radius 3 is 2.38 bits per heavy atom. The van der Waals surface area contributed by atoms with E-state index in [0.717, 1.165) is 4.31 Å². The van der Waals surface area contributed by atoms with Gasteiger partial charge in [0.25, 0.3) is 0 Å². The number of sulfonamides is 1. The van der Waals surface area contributed by atoms with Crippen molar-refractivity contribution in [1.82, 2.24) is 0 Å². The van der Waals surface area contributed by atoms with Gasteiger partial charge in [0.15, 0.2) is 0 Å². The van der Waals surface area contributed by atoms with Crippen molar-refractivity contribution in [2.24, 2.45) is 5.73 Å². The van der Waals surface area contributed by atoms with Crippen LogP contribution in [-0.2, 0) is 14.8 Å². The Morgan fingerprint density at radius 2 is 1.88 bits per heavy atom. The highest BCUT2D eigenvalue weighted by molar-refractivity contribution is 7.92. The normalized spacial score (nSPS) is 11.1. The molecule has 0 aromatic heterocycles. The summed E-state index contributed by atoms with van der Waals surface area (Å²) in [6.07, 6.45) is -0.167. The number of nitrogens with zero attached hydrogens (tertiary/aromatic N) is 1. The third-order valence-electron chi connectivity index (χ3n) is 2.14. The van der Waals surface area contributed by atoms with Gasteiger partial charge in [-0.2, -0.15) is 0 Å². The number of primary amides is 1. The molecular weight excluding hydrogens is 228 g/mol. The van der Waals surface area contributed by atoms with Crippen molar-refractivity contribution >= 4 is 21.6 Å². The summed E-state index contributed by atoms with van der Waals surface area (Å²) >= 11 is 0. The van der Waals surface area contributed by atoms with Crippen LogP contribution in [0.3, 0.4) is 0 Å². The van der Waals surface area contributed by atoms with Crippen molar-refractivity contribution < 1.29 is 13.2 Å². The Bertz CT molecular complexity index is 456. The lowest BCUT2D eigenvalue weighted by Crippen LogP contribution is -2.30. The first-order chi connectivity index (χ1) is 7.43. The van der Waals surface area contributed by atoms with E-state index in [9.17, 15) is 13.2 Å². The molecule has 0 radical (unpaired) electrons. The van der Waals surface area contributed by atoms with Gasteiger partial charge < -0.3 is 5.73 Å². The highest BCUT2D eigenvalue weighted by Crippen LogP contribution is 2.15. The first-order valence-corrected chi connectivity index (χ1v) is 6.34. The molecule has 0 aliphatic rings. The van der Waals surface area contributed by atoms with Gasteiger partial charge in [0.05, 0.1) is 11.4 Å². The van der Waals surface area contributed by atoms with E-state index in [2.05, 4.69) is 0 Å². The second-order valence-corrected chi connectivity index (χ2v) is 5.46. The van der Waals surface area contributed by atoms with E-state index >= 15 is 0 Å². The summed E-state index contributed by atoms with van der Waals surface area (Å²) in [5, 5.41) is 0. The number of hydrogen-bond acceptors (Lipinski definition) is 3. The maximum Gasteiger partial charge on any atom is 0.235 e. The van der Waals surface area contributed by atoms with Gasteiger partial charge in [-0.25, -0.2) is 8.42 Å². The van der Waals surface area contributed by atoms with Crippen LogP contribution >= 0.6 is 0 Å². The lowest BCUT2D eigenvalue weighted by molar-refractivity contribution is -0.117. The topological polar surface area (TPSA) is 80.5 Å². The second-order valence-electron chi connectivity index (χ2n) is 3.34. The van der Waals surface area contributed by atoms with Crippen molar-refractivity contribution in [3.05, 3.63) is 30.3 Å². The molecule has 0 spiro atoms. The Hall–Kier alpha value is -1.56. The zero-order chi connectivity index (χ0) is 12.2. The average Bonchev–Trinajstić information content (AvgIpc) is 2.27. The van der Waals surface area contributed by atoms with Crippen LogP contribution in [0, 0.1) is 0 Å². The minimum atomic E-state index is -3.48. The Balaban J connectivity index is 2.81. The molecule has 88 valence electrons. The number of carbonyl (C=O) groups excluding carboxylic acids is 1. The van der Waals surface area contributed by atoms with Crippen LogP contribution in [0.1, 0.15) is 6.42 Å². The molecule has 6 heteroatoms. The Morgan fingerprint density at radius 1 is 1.31 bits per heavy atom. The Kier molecular flexibility index (Phi) is 3.89. The van der Waals surface area contributed by atoms with Crippen molar-refractivity contribution in [3.63, 3.8) is 0 Å². The van der Waals surface area contributed by atoms with Crippen LogP contribution < -0.4 is 10.0 Å². The molecule has 1 amide bonds. The summed E-state index contributed by atoms with van der Waals surface area (Å²) in [6.45, 7) is 0. The van der Waals surface area contributed by atoms with Gasteiger partial charge in [-0.05, 0) is 12.1 Å². The number of amides is 1. The van der Waals surface area contributed by atoms with E-state index in [1.54, 1.807) is 30.3 Å². The van der Waals surface area contributed by atoms with Crippen molar-refractivity contribution in [3.8, 4) is 0 Å². The standard InChI is InChI=1S/C10H14N2O3S/c1-12(9-5-3-2-4-6-9)16(14,15)8-7-10(11)13/h2-6H,7-8H2,1H3,(H2,11,13). The fraction of sp³-hybridized carbons (Fsp3) is 0.300. The van der Waals surface area contributed by atoms with Crippen molar-refractivity contribution in [2.45, 2.75) is 6.42 Å². The molecule has 2 N–H and O–H groups in total. The summed E-state index contributed by atoms with van der Waals surface area (Å²) in [5.74, 6) is -0.890. The molecule has 16 heavy (non-hydrogen) atoms. The second kappa shape index (κ2) is 4.98. The predicted octanol–water partition coefficient (Wildman–Crippen LogP) is 0.328. The Labute approximate surface area is 94.9 Å². The first kappa shape index (κ1) is 12.5. The molecule has 0 aliphatic carbocycles. The minimum Gasteiger partial charge on any atom is -0.370 e.